The van der Waals surface area contributed by atoms with Gasteiger partial charge in [-0.2, -0.15) is 0 Å². The van der Waals surface area contributed by atoms with Gasteiger partial charge in [0, 0.05) is 5.41 Å². The number of benzene rings is 1. The molecule has 0 heterocycles. The summed E-state index contributed by atoms with van der Waals surface area (Å²) in [6.07, 6.45) is 2.51. The van der Waals surface area contributed by atoms with Crippen molar-refractivity contribution in [3.63, 3.8) is 0 Å². The van der Waals surface area contributed by atoms with E-state index in [1.807, 2.05) is 30.3 Å². The van der Waals surface area contributed by atoms with E-state index in [1.54, 1.807) is 20.8 Å². The summed E-state index contributed by atoms with van der Waals surface area (Å²) >= 11 is 0. The highest BCUT2D eigenvalue weighted by atomic mass is 16.5. The predicted molar refractivity (Wildman–Crippen MR) is 92.0 cm³/mol. The molecule has 0 aromatic heterocycles. The molecule has 1 rings (SSSR count). The second kappa shape index (κ2) is 9.93. The number of carbonyl (C=O) groups excluding carboxylic acids is 2. The first-order valence-electron chi connectivity index (χ1n) is 7.53. The average molecular weight is 304 g/mol. The minimum atomic E-state index is -0.360. The Kier molecular flexibility index (Phi) is 9.07. The second-order valence-corrected chi connectivity index (χ2v) is 6.53. The van der Waals surface area contributed by atoms with Crippen molar-refractivity contribution < 1.29 is 14.3 Å². The maximum absolute atomic E-state index is 10.8. The number of carbonyl (C=O) groups is 2. The lowest BCUT2D eigenvalue weighted by Gasteiger charge is -2.13. The second-order valence-electron chi connectivity index (χ2n) is 6.53. The summed E-state index contributed by atoms with van der Waals surface area (Å²) < 4.78 is 5.56. The maximum Gasteiger partial charge on any atom is 0.145 e. The molecule has 1 aromatic rings. The summed E-state index contributed by atoms with van der Waals surface area (Å²) in [5, 5.41) is 0. The fourth-order valence-electron chi connectivity index (χ4n) is 1.38. The molecule has 0 N–H and O–H groups in total. The summed E-state index contributed by atoms with van der Waals surface area (Å²) in [6.45, 7) is 14.2. The van der Waals surface area contributed by atoms with Crippen molar-refractivity contribution in [2.45, 2.75) is 41.0 Å². The van der Waals surface area contributed by atoms with Crippen molar-refractivity contribution in [3.8, 4) is 5.75 Å². The molecule has 0 aliphatic rings. The lowest BCUT2D eigenvalue weighted by molar-refractivity contribution is -0.128. The predicted octanol–water partition coefficient (Wildman–Crippen LogP) is 4.56. The van der Waals surface area contributed by atoms with E-state index in [9.17, 15) is 9.59 Å². The van der Waals surface area contributed by atoms with E-state index in [1.165, 1.54) is 0 Å². The van der Waals surface area contributed by atoms with Crippen molar-refractivity contribution in [2.24, 2.45) is 11.3 Å². The number of hydrogen-bond donors (Lipinski definition) is 0. The van der Waals surface area contributed by atoms with Crippen LogP contribution in [0.1, 0.15) is 46.6 Å². The van der Waals surface area contributed by atoms with Gasteiger partial charge in [-0.05, 0) is 23.6 Å². The first kappa shape index (κ1) is 20.1. The fraction of sp³-hybridized carbons (Fsp3) is 0.474. The SMILES string of the molecule is C=Cc1cccc(OCC(C)C)c1.CC(C)(C)C(=O)CC=O. The van der Waals surface area contributed by atoms with E-state index in [2.05, 4.69) is 20.4 Å². The normalized spacial score (nSPS) is 10.5. The van der Waals surface area contributed by atoms with Crippen LogP contribution < -0.4 is 4.74 Å². The van der Waals surface area contributed by atoms with Crippen molar-refractivity contribution in [2.75, 3.05) is 6.61 Å². The summed E-state index contributed by atoms with van der Waals surface area (Å²) in [4.78, 5) is 20.7. The standard InChI is InChI=1S/C12H16O.C7H12O2/c1-4-11-6-5-7-12(8-11)13-9-10(2)3;1-7(2,3)6(9)4-5-8/h4-8,10H,1,9H2,2-3H3;5H,4H2,1-3H3. The van der Waals surface area contributed by atoms with Crippen LogP contribution in [-0.4, -0.2) is 18.7 Å². The van der Waals surface area contributed by atoms with E-state index >= 15 is 0 Å². The van der Waals surface area contributed by atoms with Crippen molar-refractivity contribution in [1.82, 2.24) is 0 Å². The van der Waals surface area contributed by atoms with Gasteiger partial charge in [-0.25, -0.2) is 0 Å². The summed E-state index contributed by atoms with van der Waals surface area (Å²) in [7, 11) is 0. The van der Waals surface area contributed by atoms with Crippen molar-refractivity contribution in [3.05, 3.63) is 36.4 Å². The fourth-order valence-corrected chi connectivity index (χ4v) is 1.38. The smallest absolute Gasteiger partial charge is 0.145 e. The number of hydrogen-bond acceptors (Lipinski definition) is 3. The van der Waals surface area contributed by atoms with Gasteiger partial charge in [0.05, 0.1) is 13.0 Å². The van der Waals surface area contributed by atoms with E-state index in [4.69, 9.17) is 4.74 Å². The van der Waals surface area contributed by atoms with Crippen molar-refractivity contribution >= 4 is 18.1 Å². The van der Waals surface area contributed by atoms with E-state index in [0.29, 0.717) is 12.2 Å². The molecule has 0 amide bonds. The Labute approximate surface area is 134 Å². The Morgan fingerprint density at radius 2 is 1.95 bits per heavy atom. The molecule has 0 atom stereocenters. The van der Waals surface area contributed by atoms with Gasteiger partial charge >= 0.3 is 0 Å². The summed E-state index contributed by atoms with van der Waals surface area (Å²) in [6, 6.07) is 7.95. The van der Waals surface area contributed by atoms with Crippen LogP contribution >= 0.6 is 0 Å². The number of Topliss-reactive ketones (excluding diaryl/α,β-unsaturated/α-hetero) is 1. The molecule has 1 aromatic carbocycles. The molecule has 0 spiro atoms. The summed E-state index contributed by atoms with van der Waals surface area (Å²) in [5.74, 6) is 1.48. The largest absolute Gasteiger partial charge is 0.493 e. The molecule has 0 radical (unpaired) electrons. The third-order valence-electron chi connectivity index (χ3n) is 2.78. The highest BCUT2D eigenvalue weighted by molar-refractivity contribution is 5.93. The number of aldehydes is 1. The Hall–Kier alpha value is -1.90. The first-order valence-corrected chi connectivity index (χ1v) is 7.53. The van der Waals surface area contributed by atoms with Gasteiger partial charge in [0.15, 0.2) is 0 Å². The van der Waals surface area contributed by atoms with Crippen LogP contribution in [0.15, 0.2) is 30.8 Å². The van der Waals surface area contributed by atoms with E-state index in [0.717, 1.165) is 17.9 Å². The molecule has 0 saturated heterocycles. The van der Waals surface area contributed by atoms with Gasteiger partial charge in [0.1, 0.15) is 17.8 Å². The molecular weight excluding hydrogens is 276 g/mol. The zero-order chi connectivity index (χ0) is 17.2. The molecule has 0 aliphatic heterocycles. The summed E-state index contributed by atoms with van der Waals surface area (Å²) in [5.41, 5.74) is 0.738. The molecule has 0 aliphatic carbocycles. The molecule has 3 nitrogen and oxygen atoms in total. The topological polar surface area (TPSA) is 43.4 Å². The van der Waals surface area contributed by atoms with Crippen LogP contribution in [-0.2, 0) is 9.59 Å². The molecule has 3 heteroatoms. The van der Waals surface area contributed by atoms with Crippen LogP contribution in [0.3, 0.4) is 0 Å². The zero-order valence-electron chi connectivity index (χ0n) is 14.4. The minimum Gasteiger partial charge on any atom is -0.493 e. The lowest BCUT2D eigenvalue weighted by atomic mass is 9.89. The van der Waals surface area contributed by atoms with Crippen LogP contribution in [0.4, 0.5) is 0 Å². The van der Waals surface area contributed by atoms with Gasteiger partial charge in [-0.1, -0.05) is 59.4 Å². The highest BCUT2D eigenvalue weighted by Crippen LogP contribution is 2.15. The Balaban J connectivity index is 0.000000433. The highest BCUT2D eigenvalue weighted by Gasteiger charge is 2.19. The third kappa shape index (κ3) is 9.11. The maximum atomic E-state index is 10.8. The number of rotatable bonds is 6. The zero-order valence-corrected chi connectivity index (χ0v) is 14.4. The van der Waals surface area contributed by atoms with Crippen molar-refractivity contribution in [1.29, 1.82) is 0 Å². The third-order valence-corrected chi connectivity index (χ3v) is 2.78. The first-order chi connectivity index (χ1) is 10.2. The van der Waals surface area contributed by atoms with Gasteiger partial charge in [-0.3, -0.25) is 4.79 Å². The average Bonchev–Trinajstić information content (AvgIpc) is 2.45. The molecule has 122 valence electrons. The Morgan fingerprint density at radius 1 is 1.32 bits per heavy atom. The molecule has 0 fully saturated rings. The molecule has 22 heavy (non-hydrogen) atoms. The number of ether oxygens (including phenoxy) is 1. The van der Waals surface area contributed by atoms with Gasteiger partial charge in [0.2, 0.25) is 0 Å². The number of ketones is 1. The quantitative estimate of drug-likeness (QED) is 0.572. The monoisotopic (exact) mass is 304 g/mol. The van der Waals surface area contributed by atoms with E-state index < -0.39 is 0 Å². The van der Waals surface area contributed by atoms with E-state index in [-0.39, 0.29) is 17.6 Å². The van der Waals surface area contributed by atoms with Gasteiger partial charge < -0.3 is 9.53 Å². The Bertz CT molecular complexity index is 482. The van der Waals surface area contributed by atoms with Crippen LogP contribution in [0.5, 0.6) is 5.75 Å². The van der Waals surface area contributed by atoms with Gasteiger partial charge in [0.25, 0.3) is 0 Å². The Morgan fingerprint density at radius 3 is 2.36 bits per heavy atom. The van der Waals surface area contributed by atoms with Crippen LogP contribution in [0.2, 0.25) is 0 Å². The molecule has 0 saturated carbocycles. The van der Waals surface area contributed by atoms with Crippen LogP contribution in [0.25, 0.3) is 6.08 Å². The minimum absolute atomic E-state index is 0.00231. The molecule has 0 bridgehead atoms. The molecule has 0 unspecified atom stereocenters. The lowest BCUT2D eigenvalue weighted by Crippen LogP contribution is -2.19. The van der Waals surface area contributed by atoms with Crippen LogP contribution in [0, 0.1) is 11.3 Å². The molecular formula is C19H28O3. The van der Waals surface area contributed by atoms with Gasteiger partial charge in [-0.15, -0.1) is 0 Å².